The number of imide groups is 1. The van der Waals surface area contributed by atoms with Crippen LogP contribution in [0.15, 0.2) is 70.0 Å². The minimum absolute atomic E-state index is 0.183. The van der Waals surface area contributed by atoms with Gasteiger partial charge in [-0.05, 0) is 93.8 Å². The number of methoxy groups -OCH3 is 1. The Morgan fingerprint density at radius 2 is 1.89 bits per heavy atom. The van der Waals surface area contributed by atoms with E-state index in [1.165, 1.54) is 19.2 Å². The van der Waals surface area contributed by atoms with E-state index in [0.717, 1.165) is 27.8 Å². The molecule has 3 amide bonds. The number of aryl methyl sites for hydroxylation is 1. The van der Waals surface area contributed by atoms with Crippen molar-refractivity contribution >= 4 is 56.5 Å². The average Bonchev–Trinajstić information content (AvgIpc) is 3.11. The number of halogens is 2. The standard InChI is InChI=1S/C27H22BrFN2O5S/c1-16-4-3-5-20(10-16)30-24(32)14-31-26(33)23(37-27(31)34)13-18-11-21(28)25(22(12-18)35-2)36-15-17-6-8-19(29)9-7-17/h3-13H,14-15H2,1-2H3,(H,30,32)/b23-13+. The lowest BCUT2D eigenvalue weighted by atomic mass is 10.1. The van der Waals surface area contributed by atoms with E-state index in [1.54, 1.807) is 48.5 Å². The molecule has 1 aliphatic heterocycles. The molecule has 0 aliphatic carbocycles. The number of nitrogens with one attached hydrogen (secondary N) is 1. The number of amides is 3. The maximum absolute atomic E-state index is 13.1. The molecule has 3 aromatic carbocycles. The van der Waals surface area contributed by atoms with Crippen molar-refractivity contribution in [2.75, 3.05) is 19.0 Å². The second-order valence-corrected chi connectivity index (χ2v) is 9.98. The molecule has 0 aromatic heterocycles. The van der Waals surface area contributed by atoms with Gasteiger partial charge in [0.05, 0.1) is 16.5 Å². The van der Waals surface area contributed by atoms with E-state index in [1.807, 2.05) is 13.0 Å². The van der Waals surface area contributed by atoms with Gasteiger partial charge in [0.2, 0.25) is 5.91 Å². The Morgan fingerprint density at radius 3 is 2.59 bits per heavy atom. The van der Waals surface area contributed by atoms with E-state index in [0.29, 0.717) is 27.2 Å². The lowest BCUT2D eigenvalue weighted by Crippen LogP contribution is -2.36. The summed E-state index contributed by atoms with van der Waals surface area (Å²) in [6, 6.07) is 16.6. The van der Waals surface area contributed by atoms with Gasteiger partial charge < -0.3 is 14.8 Å². The molecule has 0 unspecified atom stereocenters. The van der Waals surface area contributed by atoms with E-state index in [2.05, 4.69) is 21.2 Å². The fourth-order valence-electron chi connectivity index (χ4n) is 3.55. The fraction of sp³-hybridized carbons (Fsp3) is 0.148. The number of hydrogen-bond acceptors (Lipinski definition) is 6. The van der Waals surface area contributed by atoms with Crippen molar-refractivity contribution in [3.05, 3.63) is 92.5 Å². The van der Waals surface area contributed by atoms with Crippen molar-refractivity contribution in [1.29, 1.82) is 0 Å². The number of ether oxygens (including phenoxy) is 2. The van der Waals surface area contributed by atoms with Crippen LogP contribution in [0, 0.1) is 12.7 Å². The summed E-state index contributed by atoms with van der Waals surface area (Å²) in [4.78, 5) is 38.9. The predicted molar refractivity (Wildman–Crippen MR) is 144 cm³/mol. The van der Waals surface area contributed by atoms with E-state index >= 15 is 0 Å². The molecule has 4 rings (SSSR count). The van der Waals surface area contributed by atoms with E-state index < -0.39 is 17.1 Å². The number of thioether (sulfide) groups is 1. The Balaban J connectivity index is 1.46. The molecule has 1 saturated heterocycles. The fourth-order valence-corrected chi connectivity index (χ4v) is 4.97. The molecule has 0 saturated carbocycles. The Hall–Kier alpha value is -3.63. The first-order valence-electron chi connectivity index (χ1n) is 11.1. The molecular weight excluding hydrogens is 563 g/mol. The SMILES string of the molecule is COc1cc(/C=C2/SC(=O)N(CC(=O)Nc3cccc(C)c3)C2=O)cc(Br)c1OCc1ccc(F)cc1. The minimum atomic E-state index is -0.555. The first-order chi connectivity index (χ1) is 17.7. The van der Waals surface area contributed by atoms with Gasteiger partial charge in [0, 0.05) is 5.69 Å². The lowest BCUT2D eigenvalue weighted by Gasteiger charge is -2.14. The molecule has 1 aliphatic rings. The van der Waals surface area contributed by atoms with Gasteiger partial charge in [0.15, 0.2) is 11.5 Å². The van der Waals surface area contributed by atoms with Crippen LogP contribution in [0.4, 0.5) is 14.9 Å². The molecule has 1 fully saturated rings. The Kier molecular flexibility index (Phi) is 8.30. The summed E-state index contributed by atoms with van der Waals surface area (Å²) in [5.74, 6) is -0.519. The molecule has 1 heterocycles. The zero-order valence-corrected chi connectivity index (χ0v) is 22.3. The van der Waals surface area contributed by atoms with Crippen molar-refractivity contribution in [2.24, 2.45) is 0 Å². The number of carbonyl (C=O) groups excluding carboxylic acids is 3. The van der Waals surface area contributed by atoms with Crippen LogP contribution in [0.1, 0.15) is 16.7 Å². The van der Waals surface area contributed by atoms with Crippen LogP contribution in [0.5, 0.6) is 11.5 Å². The van der Waals surface area contributed by atoms with Crippen LogP contribution < -0.4 is 14.8 Å². The molecule has 0 atom stereocenters. The van der Waals surface area contributed by atoms with Gasteiger partial charge in [-0.15, -0.1) is 0 Å². The summed E-state index contributed by atoms with van der Waals surface area (Å²) in [6.45, 7) is 1.70. The molecule has 7 nitrogen and oxygen atoms in total. The topological polar surface area (TPSA) is 84.9 Å². The first-order valence-corrected chi connectivity index (χ1v) is 12.7. The third-order valence-corrected chi connectivity index (χ3v) is 6.82. The van der Waals surface area contributed by atoms with Crippen molar-refractivity contribution in [2.45, 2.75) is 13.5 Å². The third kappa shape index (κ3) is 6.58. The summed E-state index contributed by atoms with van der Waals surface area (Å²) >= 11 is 4.23. The molecule has 190 valence electrons. The lowest BCUT2D eigenvalue weighted by molar-refractivity contribution is -0.127. The third-order valence-electron chi connectivity index (χ3n) is 5.32. The van der Waals surface area contributed by atoms with E-state index in [9.17, 15) is 18.8 Å². The number of rotatable bonds is 8. The maximum atomic E-state index is 13.1. The summed E-state index contributed by atoms with van der Waals surface area (Å²) in [7, 11) is 1.48. The smallest absolute Gasteiger partial charge is 0.294 e. The molecule has 10 heteroatoms. The summed E-state index contributed by atoms with van der Waals surface area (Å²) in [6.07, 6.45) is 1.56. The second-order valence-electron chi connectivity index (χ2n) is 8.13. The highest BCUT2D eigenvalue weighted by atomic mass is 79.9. The van der Waals surface area contributed by atoms with E-state index in [-0.39, 0.29) is 23.9 Å². The molecule has 37 heavy (non-hydrogen) atoms. The van der Waals surface area contributed by atoms with Gasteiger partial charge in [0.25, 0.3) is 11.1 Å². The molecule has 1 N–H and O–H groups in total. The molecule has 0 spiro atoms. The molecule has 0 radical (unpaired) electrons. The van der Waals surface area contributed by atoms with Crippen LogP contribution in [0.25, 0.3) is 6.08 Å². The van der Waals surface area contributed by atoms with Crippen LogP contribution in [-0.4, -0.2) is 35.6 Å². The quantitative estimate of drug-likeness (QED) is 0.319. The highest BCUT2D eigenvalue weighted by Crippen LogP contribution is 2.39. The van der Waals surface area contributed by atoms with Crippen molar-refractivity contribution < 1.29 is 28.2 Å². The van der Waals surface area contributed by atoms with E-state index in [4.69, 9.17) is 9.47 Å². The van der Waals surface area contributed by atoms with Gasteiger partial charge in [0.1, 0.15) is 19.0 Å². The van der Waals surface area contributed by atoms with Crippen molar-refractivity contribution in [1.82, 2.24) is 4.90 Å². The Bertz CT molecular complexity index is 1390. The maximum Gasteiger partial charge on any atom is 0.294 e. The van der Waals surface area contributed by atoms with Gasteiger partial charge in [-0.3, -0.25) is 19.3 Å². The van der Waals surface area contributed by atoms with Gasteiger partial charge in [-0.2, -0.15) is 0 Å². The number of carbonyl (C=O) groups is 3. The highest BCUT2D eigenvalue weighted by Gasteiger charge is 2.36. The zero-order valence-electron chi connectivity index (χ0n) is 19.9. The average molecular weight is 585 g/mol. The first kappa shape index (κ1) is 26.4. The largest absolute Gasteiger partial charge is 0.493 e. The number of nitrogens with zero attached hydrogens (tertiary/aromatic N) is 1. The monoisotopic (exact) mass is 584 g/mol. The Labute approximate surface area is 225 Å². The van der Waals surface area contributed by atoms with Crippen LogP contribution >= 0.6 is 27.7 Å². The number of anilines is 1. The predicted octanol–water partition coefficient (Wildman–Crippen LogP) is 6.16. The van der Waals surface area contributed by atoms with Crippen molar-refractivity contribution in [3.63, 3.8) is 0 Å². The van der Waals surface area contributed by atoms with Crippen LogP contribution in [0.2, 0.25) is 0 Å². The number of benzene rings is 3. The van der Waals surface area contributed by atoms with Gasteiger partial charge >= 0.3 is 0 Å². The second kappa shape index (κ2) is 11.6. The van der Waals surface area contributed by atoms with Crippen molar-refractivity contribution in [3.8, 4) is 11.5 Å². The number of hydrogen-bond donors (Lipinski definition) is 1. The Morgan fingerprint density at radius 1 is 1.14 bits per heavy atom. The van der Waals surface area contributed by atoms with Gasteiger partial charge in [-0.1, -0.05) is 24.3 Å². The zero-order chi connectivity index (χ0) is 26.5. The summed E-state index contributed by atoms with van der Waals surface area (Å²) < 4.78 is 25.0. The molecule has 3 aromatic rings. The van der Waals surface area contributed by atoms with Crippen LogP contribution in [-0.2, 0) is 16.2 Å². The summed E-state index contributed by atoms with van der Waals surface area (Å²) in [5, 5.41) is 2.17. The minimum Gasteiger partial charge on any atom is -0.493 e. The normalized spacial score (nSPS) is 14.3. The highest BCUT2D eigenvalue weighted by molar-refractivity contribution is 9.10. The van der Waals surface area contributed by atoms with Crippen LogP contribution in [0.3, 0.4) is 0 Å². The molecule has 0 bridgehead atoms. The summed E-state index contributed by atoms with van der Waals surface area (Å²) in [5.41, 5.74) is 2.93. The van der Waals surface area contributed by atoms with Gasteiger partial charge in [-0.25, -0.2) is 4.39 Å². The molecular formula is C27H22BrFN2O5S.